The van der Waals surface area contributed by atoms with Crippen molar-refractivity contribution in [3.63, 3.8) is 0 Å². The van der Waals surface area contributed by atoms with Crippen molar-refractivity contribution in [3.8, 4) is 11.1 Å². The third-order valence-electron chi connectivity index (χ3n) is 8.80. The molecule has 0 aromatic heterocycles. The highest BCUT2D eigenvalue weighted by molar-refractivity contribution is 5.96. The molecule has 6 N–H and O–H groups in total. The number of carboxylic acid groups (broad SMARTS) is 2. The van der Waals surface area contributed by atoms with Gasteiger partial charge in [0.1, 0.15) is 17.7 Å². The van der Waals surface area contributed by atoms with Crippen LogP contribution in [-0.2, 0) is 25.6 Å². The Hall–Kier alpha value is -5.17. The summed E-state index contributed by atoms with van der Waals surface area (Å²) in [5, 5.41) is 38.2. The Balaban J connectivity index is 1.48. The molecule has 3 amide bonds. The zero-order valence-electron chi connectivity index (χ0n) is 27.6. The lowest BCUT2D eigenvalue weighted by atomic mass is 9.78. The molecule has 266 valence electrons. The summed E-state index contributed by atoms with van der Waals surface area (Å²) >= 11 is 0. The zero-order chi connectivity index (χ0) is 36.5. The molecule has 1 aliphatic carbocycles. The molecule has 4 rings (SSSR count). The highest BCUT2D eigenvalue weighted by Crippen LogP contribution is 2.30. The number of nitrogens with one attached hydrogen (secondary N) is 3. The predicted octanol–water partition coefficient (Wildman–Crippen LogP) is 3.94. The smallest absolute Gasteiger partial charge is 0.306 e. The van der Waals surface area contributed by atoms with Crippen molar-refractivity contribution in [1.82, 2.24) is 16.0 Å². The molecule has 3 aromatic carbocycles. The minimum absolute atomic E-state index is 0.0264. The number of hydrogen-bond acceptors (Lipinski definition) is 6. The van der Waals surface area contributed by atoms with E-state index in [4.69, 9.17) is 0 Å². The van der Waals surface area contributed by atoms with Crippen molar-refractivity contribution in [2.75, 3.05) is 0 Å². The number of aliphatic hydroxyl groups excluding tert-OH is 1. The van der Waals surface area contributed by atoms with Crippen LogP contribution in [0.5, 0.6) is 0 Å². The molecule has 50 heavy (non-hydrogen) atoms. The van der Waals surface area contributed by atoms with Gasteiger partial charge in [0.25, 0.3) is 5.91 Å². The number of aliphatic hydroxyl groups is 1. The van der Waals surface area contributed by atoms with Crippen LogP contribution in [0.1, 0.15) is 55.5 Å². The average molecular weight is 694 g/mol. The van der Waals surface area contributed by atoms with Crippen LogP contribution in [0.25, 0.3) is 11.1 Å². The fourth-order valence-corrected chi connectivity index (χ4v) is 6.22. The average Bonchev–Trinajstić information content (AvgIpc) is 3.06. The summed E-state index contributed by atoms with van der Waals surface area (Å²) in [6.07, 6.45) is -2.41. The van der Waals surface area contributed by atoms with Crippen LogP contribution < -0.4 is 16.0 Å². The number of aliphatic carboxylic acids is 2. The van der Waals surface area contributed by atoms with Crippen LogP contribution in [0.4, 0.5) is 8.78 Å². The van der Waals surface area contributed by atoms with Crippen molar-refractivity contribution in [1.29, 1.82) is 0 Å². The summed E-state index contributed by atoms with van der Waals surface area (Å²) < 4.78 is 28.1. The van der Waals surface area contributed by atoms with Gasteiger partial charge in [0, 0.05) is 17.7 Å². The van der Waals surface area contributed by atoms with Gasteiger partial charge in [-0.05, 0) is 72.6 Å². The largest absolute Gasteiger partial charge is 0.481 e. The highest BCUT2D eigenvalue weighted by Gasteiger charge is 2.38. The quantitative estimate of drug-likeness (QED) is 0.147. The molecule has 0 spiro atoms. The van der Waals surface area contributed by atoms with E-state index in [0.717, 1.165) is 23.3 Å². The van der Waals surface area contributed by atoms with E-state index in [-0.39, 0.29) is 36.8 Å². The Morgan fingerprint density at radius 2 is 1.38 bits per heavy atom. The fourth-order valence-electron chi connectivity index (χ4n) is 6.22. The molecule has 2 unspecified atom stereocenters. The van der Waals surface area contributed by atoms with E-state index < -0.39 is 89.7 Å². The van der Waals surface area contributed by atoms with E-state index >= 15 is 0 Å². The number of halogens is 2. The number of carboxylic acids is 2. The van der Waals surface area contributed by atoms with E-state index in [1.807, 2.05) is 36.4 Å². The molecule has 11 nitrogen and oxygen atoms in total. The molecule has 1 fully saturated rings. The Kier molecular flexibility index (Phi) is 12.8. The molecule has 0 bridgehead atoms. The summed E-state index contributed by atoms with van der Waals surface area (Å²) in [7, 11) is 0. The van der Waals surface area contributed by atoms with Crippen LogP contribution in [0.3, 0.4) is 0 Å². The van der Waals surface area contributed by atoms with Crippen molar-refractivity contribution in [2.45, 2.75) is 70.2 Å². The maximum atomic E-state index is 14.1. The van der Waals surface area contributed by atoms with Gasteiger partial charge in [-0.1, -0.05) is 56.3 Å². The number of rotatable bonds is 14. The maximum absolute atomic E-state index is 14.1. The molecular formula is C37H41F2N3O8. The SMILES string of the molecule is CC(C)[C@H](NC(=O)C[C@H](O)[C@H](Cc1cc(F)cc(F)c1)NC(=O)c1cccc(-c2ccccc2)c1)C(=O)NC1CC(C(=O)O)CC(C(=O)O)C1. The molecule has 0 radical (unpaired) electrons. The third kappa shape index (κ3) is 10.4. The van der Waals surface area contributed by atoms with E-state index in [2.05, 4.69) is 16.0 Å². The lowest BCUT2D eigenvalue weighted by Gasteiger charge is -2.33. The molecule has 3 aromatic rings. The standard InChI is InChI=1S/C37H41F2N3O8/c1-20(2)33(35(46)40-29-16-25(36(47)48)15-26(17-29)37(49)50)42-32(44)19-31(43)30(13-21-11-27(38)18-28(39)12-21)41-34(45)24-10-6-9-23(14-24)22-7-4-3-5-8-22/h3-12,14,18,20,25-26,29-31,33,43H,13,15-17,19H2,1-2H3,(H,40,46)(H,41,45)(H,42,44)(H,47,48)(H,49,50)/t25?,26?,29?,30-,31-,33-/m0/s1. The van der Waals surface area contributed by atoms with Gasteiger partial charge in [-0.15, -0.1) is 0 Å². The summed E-state index contributed by atoms with van der Waals surface area (Å²) in [6.45, 7) is 3.32. The van der Waals surface area contributed by atoms with Crippen molar-refractivity contribution in [3.05, 3.63) is 95.6 Å². The van der Waals surface area contributed by atoms with Crippen molar-refractivity contribution >= 4 is 29.7 Å². The minimum Gasteiger partial charge on any atom is -0.481 e. The summed E-state index contributed by atoms with van der Waals surface area (Å²) in [4.78, 5) is 63.2. The number of benzene rings is 3. The van der Waals surface area contributed by atoms with Crippen molar-refractivity contribution in [2.24, 2.45) is 17.8 Å². The highest BCUT2D eigenvalue weighted by atomic mass is 19.1. The zero-order valence-corrected chi connectivity index (χ0v) is 27.6. The van der Waals surface area contributed by atoms with E-state index in [9.17, 15) is 48.1 Å². The fraction of sp³-hybridized carbons (Fsp3) is 0.378. The number of hydrogen-bond donors (Lipinski definition) is 6. The van der Waals surface area contributed by atoms with Crippen molar-refractivity contribution < 1.29 is 48.1 Å². The maximum Gasteiger partial charge on any atom is 0.306 e. The number of carbonyl (C=O) groups is 5. The Morgan fingerprint density at radius 3 is 1.96 bits per heavy atom. The predicted molar refractivity (Wildman–Crippen MR) is 179 cm³/mol. The molecule has 13 heteroatoms. The lowest BCUT2D eigenvalue weighted by molar-refractivity contribution is -0.149. The second-order valence-corrected chi connectivity index (χ2v) is 13.1. The van der Waals surface area contributed by atoms with Gasteiger partial charge in [0.2, 0.25) is 11.8 Å². The van der Waals surface area contributed by atoms with Crippen LogP contribution in [-0.4, -0.2) is 69.2 Å². The summed E-state index contributed by atoms with van der Waals surface area (Å²) in [5.41, 5.74) is 1.98. The van der Waals surface area contributed by atoms with Gasteiger partial charge in [0.05, 0.1) is 30.4 Å². The monoisotopic (exact) mass is 693 g/mol. The van der Waals surface area contributed by atoms with Crippen LogP contribution in [0.2, 0.25) is 0 Å². The van der Waals surface area contributed by atoms with Gasteiger partial charge in [-0.3, -0.25) is 24.0 Å². The first-order valence-electron chi connectivity index (χ1n) is 16.3. The molecule has 0 heterocycles. The lowest BCUT2D eigenvalue weighted by Crippen LogP contribution is -2.55. The Bertz CT molecular complexity index is 1660. The van der Waals surface area contributed by atoms with Crippen LogP contribution in [0, 0.1) is 29.4 Å². The van der Waals surface area contributed by atoms with E-state index in [1.165, 1.54) is 0 Å². The minimum atomic E-state index is -1.57. The van der Waals surface area contributed by atoms with Gasteiger partial charge in [0.15, 0.2) is 0 Å². The number of carbonyl (C=O) groups excluding carboxylic acids is 3. The Morgan fingerprint density at radius 1 is 0.780 bits per heavy atom. The normalized spacial score (nSPS) is 19.1. The number of amides is 3. The van der Waals surface area contributed by atoms with Gasteiger partial charge in [-0.25, -0.2) is 8.78 Å². The Labute approximate surface area is 288 Å². The van der Waals surface area contributed by atoms with Crippen LogP contribution in [0.15, 0.2) is 72.8 Å². The van der Waals surface area contributed by atoms with Gasteiger partial charge < -0.3 is 31.3 Å². The van der Waals surface area contributed by atoms with Gasteiger partial charge in [-0.2, -0.15) is 0 Å². The molecular weight excluding hydrogens is 652 g/mol. The summed E-state index contributed by atoms with van der Waals surface area (Å²) in [5.74, 6) is -8.45. The van der Waals surface area contributed by atoms with E-state index in [1.54, 1.807) is 32.0 Å². The third-order valence-corrected chi connectivity index (χ3v) is 8.80. The first-order chi connectivity index (χ1) is 23.7. The van der Waals surface area contributed by atoms with E-state index in [0.29, 0.717) is 6.07 Å². The molecule has 1 saturated carbocycles. The molecule has 0 aliphatic heterocycles. The second kappa shape index (κ2) is 17.0. The molecule has 0 saturated heterocycles. The first-order valence-corrected chi connectivity index (χ1v) is 16.3. The summed E-state index contributed by atoms with van der Waals surface area (Å²) in [6, 6.07) is 15.8. The van der Waals surface area contributed by atoms with Crippen LogP contribution >= 0.6 is 0 Å². The molecule has 5 atom stereocenters. The topological polar surface area (TPSA) is 182 Å². The first kappa shape index (κ1) is 37.6. The van der Waals surface area contributed by atoms with Gasteiger partial charge >= 0.3 is 11.9 Å². The molecule has 1 aliphatic rings. The second-order valence-electron chi connectivity index (χ2n) is 13.1.